The van der Waals surface area contributed by atoms with Crippen molar-refractivity contribution >= 4 is 16.6 Å². The molecule has 10 atom stereocenters. The minimum Gasteiger partial charge on any atom is -0.491 e. The van der Waals surface area contributed by atoms with E-state index in [2.05, 4.69) is 106 Å². The molecule has 4 rings (SSSR count). The third kappa shape index (κ3) is 21.0. The molecule has 74 heavy (non-hydrogen) atoms. The molecule has 2 aliphatic rings. The Labute approximate surface area is 441 Å². The van der Waals surface area contributed by atoms with Crippen LogP contribution in [0.3, 0.4) is 0 Å². The number of aliphatic hydroxyl groups is 4. The van der Waals surface area contributed by atoms with Crippen LogP contribution >= 0.6 is 0 Å². The summed E-state index contributed by atoms with van der Waals surface area (Å²) in [4.78, 5) is 0. The molecule has 2 saturated carbocycles. The monoisotopic (exact) mass is 1080 g/mol. The highest BCUT2D eigenvalue weighted by Crippen LogP contribution is 2.45. The fourth-order valence-corrected chi connectivity index (χ4v) is 11.2. The Morgan fingerprint density at radius 2 is 1.07 bits per heavy atom. The van der Waals surface area contributed by atoms with Gasteiger partial charge >= 0.3 is 12.4 Å². The SMILES string of the molecule is CCCC/C=C\CC1C(O)CC(O)[C@@H]1/C=C/C(O)COc1cccc(C(F)(F)F)c1.CCCC/C=C\CC1C(O[Si](C)(C)C(C)(C)C)CC(O)[C@@H]1/C=C/C(COc1cccc(C(F)(F)F)c1)O[Si](C)(C)C(C)(C)C. The van der Waals surface area contributed by atoms with E-state index in [9.17, 15) is 46.8 Å². The Bertz CT molecular complexity index is 2070. The highest BCUT2D eigenvalue weighted by Gasteiger charge is 2.47. The average Bonchev–Trinajstić information content (AvgIpc) is 3.74. The standard InChI is InChI=1S/C35H59F3O4Si2.C23H31F3O4/c1-12-13-14-15-16-20-30-29(31(39)24-32(30)42-44(10,11)34(5,6)7)22-21-28(41-43(8,9)33(2,3)4)25-40-27-19-17-18-26(23-27)35(36,37)38;1-2-3-4-5-6-10-19-20(22(29)14-21(19)28)12-11-17(27)15-30-18-9-7-8-16(13-18)23(24,25)26/h15-19,21-23,28-32,39H,12-14,20,24-25H2,1-11H3;5-9,11-13,17,19-22,27-29H,2-4,10,14-15H2,1H3/b16-15-,22-21+;6-5-,12-11+/t28?,29-,30?,31?,32?;17?,19?,20-,21?,22?/m11/s1. The van der Waals surface area contributed by atoms with Crippen LogP contribution in [0.15, 0.2) is 97.1 Å². The number of allylic oxidation sites excluding steroid dienone is 4. The van der Waals surface area contributed by atoms with E-state index in [1.807, 2.05) is 12.2 Å². The van der Waals surface area contributed by atoms with Gasteiger partial charge in [0, 0.05) is 18.3 Å². The van der Waals surface area contributed by atoms with Crippen LogP contribution in [0.4, 0.5) is 26.3 Å². The third-order valence-electron chi connectivity index (χ3n) is 15.2. The highest BCUT2D eigenvalue weighted by atomic mass is 28.4. The molecule has 420 valence electrons. The van der Waals surface area contributed by atoms with Gasteiger partial charge in [0.2, 0.25) is 0 Å². The molecule has 0 heterocycles. The summed E-state index contributed by atoms with van der Waals surface area (Å²) in [5.74, 6) is -0.324. The maximum Gasteiger partial charge on any atom is 0.416 e. The van der Waals surface area contributed by atoms with Crippen molar-refractivity contribution < 1.29 is 65.1 Å². The molecule has 2 aliphatic carbocycles. The molecule has 0 bridgehead atoms. The van der Waals surface area contributed by atoms with Crippen molar-refractivity contribution in [3.8, 4) is 11.5 Å². The molecular formula is C58H90F6O8Si2. The minimum absolute atomic E-state index is 0.0173. The maximum absolute atomic E-state index is 13.3. The summed E-state index contributed by atoms with van der Waals surface area (Å²) in [7, 11) is -4.34. The highest BCUT2D eigenvalue weighted by molar-refractivity contribution is 6.74. The van der Waals surface area contributed by atoms with Crippen LogP contribution in [0, 0.1) is 23.7 Å². The number of rotatable bonds is 24. The van der Waals surface area contributed by atoms with E-state index in [1.54, 1.807) is 6.08 Å². The number of hydrogen-bond donors (Lipinski definition) is 4. The molecule has 16 heteroatoms. The first kappa shape index (κ1) is 65.1. The molecule has 2 fully saturated rings. The first-order chi connectivity index (χ1) is 34.3. The van der Waals surface area contributed by atoms with E-state index < -0.39 is 70.6 Å². The molecular weight excluding hydrogens is 995 g/mol. The first-order valence-corrected chi connectivity index (χ1v) is 32.5. The Kier molecular flexibility index (Phi) is 25.4. The van der Waals surface area contributed by atoms with Gasteiger partial charge in [0.1, 0.15) is 30.8 Å². The fraction of sp³-hybridized carbons (Fsp3) is 0.655. The zero-order valence-electron chi connectivity index (χ0n) is 46.2. The van der Waals surface area contributed by atoms with E-state index in [0.29, 0.717) is 12.8 Å². The normalized spacial score (nSPS) is 24.3. The molecule has 4 N–H and O–H groups in total. The van der Waals surface area contributed by atoms with Crippen LogP contribution in [0.5, 0.6) is 11.5 Å². The number of ether oxygens (including phenoxy) is 2. The van der Waals surface area contributed by atoms with E-state index in [0.717, 1.165) is 69.2 Å². The second-order valence-corrected chi connectivity index (χ2v) is 32.7. The molecule has 2 aromatic rings. The number of hydrogen-bond acceptors (Lipinski definition) is 8. The number of unbranched alkanes of at least 4 members (excludes halogenated alkanes) is 4. The Morgan fingerprint density at radius 1 is 0.608 bits per heavy atom. The number of aliphatic hydroxyl groups excluding tert-OH is 4. The van der Waals surface area contributed by atoms with Crippen LogP contribution in [-0.4, -0.2) is 86.9 Å². The largest absolute Gasteiger partial charge is 0.491 e. The second kappa shape index (κ2) is 28.9. The fourth-order valence-electron chi connectivity index (χ4n) is 8.60. The molecule has 0 spiro atoms. The van der Waals surface area contributed by atoms with Crippen molar-refractivity contribution in [1.82, 2.24) is 0 Å². The lowest BCUT2D eigenvalue weighted by molar-refractivity contribution is -0.138. The molecule has 8 nitrogen and oxygen atoms in total. The molecule has 0 radical (unpaired) electrons. The molecule has 0 aliphatic heterocycles. The predicted octanol–water partition coefficient (Wildman–Crippen LogP) is 15.1. The van der Waals surface area contributed by atoms with Crippen molar-refractivity contribution in [2.24, 2.45) is 23.7 Å². The molecule has 0 amide bonds. The smallest absolute Gasteiger partial charge is 0.416 e. The van der Waals surface area contributed by atoms with Crippen molar-refractivity contribution in [3.63, 3.8) is 0 Å². The molecule has 2 aromatic carbocycles. The summed E-state index contributed by atoms with van der Waals surface area (Å²) in [6.45, 7) is 26.1. The summed E-state index contributed by atoms with van der Waals surface area (Å²) in [6.07, 6.45) is 12.2. The Hall–Kier alpha value is -3.23. The van der Waals surface area contributed by atoms with E-state index in [1.165, 1.54) is 30.3 Å². The molecule has 0 saturated heterocycles. The third-order valence-corrected chi connectivity index (χ3v) is 24.2. The molecule has 0 aromatic heterocycles. The van der Waals surface area contributed by atoms with Crippen LogP contribution in [-0.2, 0) is 21.2 Å². The second-order valence-electron chi connectivity index (χ2n) is 23.2. The van der Waals surface area contributed by atoms with E-state index in [-0.39, 0.29) is 71.0 Å². The van der Waals surface area contributed by atoms with Gasteiger partial charge in [-0.25, -0.2) is 0 Å². The first-order valence-electron chi connectivity index (χ1n) is 26.7. The van der Waals surface area contributed by atoms with E-state index >= 15 is 0 Å². The van der Waals surface area contributed by atoms with Crippen LogP contribution in [0.25, 0.3) is 0 Å². The van der Waals surface area contributed by atoms with Crippen LogP contribution in [0.2, 0.25) is 36.3 Å². The van der Waals surface area contributed by atoms with Gasteiger partial charge in [-0.15, -0.1) is 0 Å². The summed E-state index contributed by atoms with van der Waals surface area (Å²) < 4.78 is 103. The Balaban J connectivity index is 0.000000419. The van der Waals surface area contributed by atoms with Gasteiger partial charge in [-0.1, -0.05) is 142 Å². The summed E-state index contributed by atoms with van der Waals surface area (Å²) in [6, 6.07) is 9.43. The van der Waals surface area contributed by atoms with Crippen LogP contribution in [0.1, 0.15) is 131 Å². The maximum atomic E-state index is 13.3. The van der Waals surface area contributed by atoms with Gasteiger partial charge in [-0.05, 0) is 117 Å². The lowest BCUT2D eigenvalue weighted by atomic mass is 9.89. The van der Waals surface area contributed by atoms with Gasteiger partial charge < -0.3 is 38.8 Å². The summed E-state index contributed by atoms with van der Waals surface area (Å²) in [5.41, 5.74) is -1.56. The van der Waals surface area contributed by atoms with Gasteiger partial charge in [-0.2, -0.15) is 26.3 Å². The van der Waals surface area contributed by atoms with Gasteiger partial charge in [-0.3, -0.25) is 0 Å². The van der Waals surface area contributed by atoms with Crippen LogP contribution < -0.4 is 9.47 Å². The van der Waals surface area contributed by atoms with Crippen molar-refractivity contribution in [1.29, 1.82) is 0 Å². The lowest BCUT2D eigenvalue weighted by Crippen LogP contribution is -2.45. The quantitative estimate of drug-likeness (QED) is 0.0355. The van der Waals surface area contributed by atoms with Gasteiger partial charge in [0.25, 0.3) is 0 Å². The number of halogens is 6. The van der Waals surface area contributed by atoms with E-state index in [4.69, 9.17) is 18.3 Å². The van der Waals surface area contributed by atoms with Crippen molar-refractivity contribution in [2.75, 3.05) is 13.2 Å². The summed E-state index contributed by atoms with van der Waals surface area (Å²) in [5, 5.41) is 41.9. The number of benzene rings is 2. The van der Waals surface area contributed by atoms with Crippen molar-refractivity contribution in [3.05, 3.63) is 108 Å². The zero-order valence-corrected chi connectivity index (χ0v) is 48.2. The van der Waals surface area contributed by atoms with Gasteiger partial charge in [0.15, 0.2) is 16.6 Å². The molecule has 8 unspecified atom stereocenters. The topological polar surface area (TPSA) is 118 Å². The average molecular weight is 1090 g/mol. The zero-order chi connectivity index (χ0) is 55.7. The Morgan fingerprint density at radius 3 is 1.55 bits per heavy atom. The lowest BCUT2D eigenvalue weighted by Gasteiger charge is -2.40. The van der Waals surface area contributed by atoms with Gasteiger partial charge in [0.05, 0.1) is 41.6 Å². The van der Waals surface area contributed by atoms with Crippen molar-refractivity contribution in [2.45, 2.75) is 205 Å². The summed E-state index contributed by atoms with van der Waals surface area (Å²) >= 11 is 0. The minimum atomic E-state index is -4.46. The number of alkyl halides is 6. The predicted molar refractivity (Wildman–Crippen MR) is 290 cm³/mol.